The van der Waals surface area contributed by atoms with Gasteiger partial charge in [-0.25, -0.2) is 0 Å². The van der Waals surface area contributed by atoms with Crippen LogP contribution in [0.15, 0.2) is 16.8 Å². The first-order valence-electron chi connectivity index (χ1n) is 6.74. The minimum absolute atomic E-state index is 0.152. The maximum atomic E-state index is 5.48. The van der Waals surface area contributed by atoms with Gasteiger partial charge in [-0.3, -0.25) is 4.90 Å². The van der Waals surface area contributed by atoms with Crippen molar-refractivity contribution in [1.29, 1.82) is 0 Å². The number of morpholine rings is 1. The molecule has 102 valence electrons. The lowest BCUT2D eigenvalue weighted by molar-refractivity contribution is -0.0318. The molecular weight excluding hydrogens is 244 g/mol. The van der Waals surface area contributed by atoms with Crippen LogP contribution in [0, 0.1) is 0 Å². The van der Waals surface area contributed by atoms with Crippen molar-refractivity contribution in [3.05, 3.63) is 22.4 Å². The molecule has 1 fully saturated rings. The lowest BCUT2D eigenvalue weighted by Crippen LogP contribution is -2.57. The topological polar surface area (TPSA) is 24.5 Å². The molecule has 4 heteroatoms. The van der Waals surface area contributed by atoms with Gasteiger partial charge in [0.15, 0.2) is 0 Å². The highest BCUT2D eigenvalue weighted by Gasteiger charge is 2.39. The Hall–Kier alpha value is -0.420. The second-order valence-corrected chi connectivity index (χ2v) is 5.87. The molecule has 18 heavy (non-hydrogen) atoms. The lowest BCUT2D eigenvalue weighted by Gasteiger charge is -2.47. The highest BCUT2D eigenvalue weighted by atomic mass is 32.1. The van der Waals surface area contributed by atoms with E-state index in [9.17, 15) is 0 Å². The van der Waals surface area contributed by atoms with Crippen LogP contribution in [0.5, 0.6) is 0 Å². The van der Waals surface area contributed by atoms with Crippen molar-refractivity contribution in [3.8, 4) is 0 Å². The van der Waals surface area contributed by atoms with E-state index in [0.717, 1.165) is 32.7 Å². The third-order valence-corrected chi connectivity index (χ3v) is 4.94. The van der Waals surface area contributed by atoms with Crippen molar-refractivity contribution < 1.29 is 4.74 Å². The second kappa shape index (κ2) is 6.15. The van der Waals surface area contributed by atoms with Gasteiger partial charge in [0.1, 0.15) is 0 Å². The van der Waals surface area contributed by atoms with Crippen LogP contribution in [0.4, 0.5) is 0 Å². The first kappa shape index (κ1) is 14.0. The van der Waals surface area contributed by atoms with Gasteiger partial charge >= 0.3 is 0 Å². The monoisotopic (exact) mass is 268 g/mol. The van der Waals surface area contributed by atoms with Crippen LogP contribution in [-0.4, -0.2) is 43.8 Å². The number of ether oxygens (including phenoxy) is 1. The van der Waals surface area contributed by atoms with Crippen molar-refractivity contribution in [3.63, 3.8) is 0 Å². The van der Waals surface area contributed by atoms with Gasteiger partial charge in [0.25, 0.3) is 0 Å². The summed E-state index contributed by atoms with van der Waals surface area (Å²) in [6.45, 7) is 8.44. The quantitative estimate of drug-likeness (QED) is 0.888. The molecule has 0 radical (unpaired) electrons. The Bertz CT molecular complexity index is 349. The van der Waals surface area contributed by atoms with Gasteiger partial charge in [-0.15, -0.1) is 0 Å². The summed E-state index contributed by atoms with van der Waals surface area (Å²) in [6, 6.07) is 2.62. The Balaban J connectivity index is 2.23. The zero-order valence-electron chi connectivity index (χ0n) is 11.6. The van der Waals surface area contributed by atoms with Gasteiger partial charge in [0.05, 0.1) is 19.3 Å². The van der Waals surface area contributed by atoms with Crippen LogP contribution < -0.4 is 5.32 Å². The summed E-state index contributed by atoms with van der Waals surface area (Å²) in [5, 5.41) is 7.94. The Morgan fingerprint density at radius 1 is 1.50 bits per heavy atom. The van der Waals surface area contributed by atoms with Gasteiger partial charge < -0.3 is 10.1 Å². The van der Waals surface area contributed by atoms with Crippen molar-refractivity contribution >= 4 is 11.3 Å². The Kier molecular flexibility index (Phi) is 4.78. The van der Waals surface area contributed by atoms with E-state index in [1.165, 1.54) is 5.56 Å². The zero-order chi connectivity index (χ0) is 13.0. The summed E-state index contributed by atoms with van der Waals surface area (Å²) < 4.78 is 5.48. The van der Waals surface area contributed by atoms with Crippen LogP contribution in [0.3, 0.4) is 0 Å². The molecule has 0 spiro atoms. The highest BCUT2D eigenvalue weighted by molar-refractivity contribution is 7.07. The second-order valence-electron chi connectivity index (χ2n) is 5.09. The number of nitrogens with one attached hydrogen (secondary N) is 1. The average molecular weight is 268 g/mol. The fraction of sp³-hybridized carbons (Fsp3) is 0.714. The normalized spacial score (nSPS) is 22.6. The minimum atomic E-state index is 0.152. The van der Waals surface area contributed by atoms with Gasteiger partial charge in [-0.1, -0.05) is 6.92 Å². The molecule has 1 aliphatic heterocycles. The number of hydrogen-bond acceptors (Lipinski definition) is 4. The Morgan fingerprint density at radius 2 is 2.22 bits per heavy atom. The fourth-order valence-corrected chi connectivity index (χ4v) is 3.65. The minimum Gasteiger partial charge on any atom is -0.379 e. The number of thiophene rings is 1. The van der Waals surface area contributed by atoms with Crippen LogP contribution >= 0.6 is 11.3 Å². The van der Waals surface area contributed by atoms with Crippen LogP contribution in [0.2, 0.25) is 0 Å². The maximum Gasteiger partial charge on any atom is 0.0594 e. The first-order chi connectivity index (χ1) is 8.72. The van der Waals surface area contributed by atoms with Crippen molar-refractivity contribution in [2.45, 2.75) is 31.8 Å². The van der Waals surface area contributed by atoms with E-state index in [-0.39, 0.29) is 5.54 Å². The van der Waals surface area contributed by atoms with E-state index in [0.29, 0.717) is 6.04 Å². The van der Waals surface area contributed by atoms with Crippen molar-refractivity contribution in [2.75, 3.05) is 33.4 Å². The third-order valence-electron chi connectivity index (χ3n) is 4.24. The molecule has 1 aliphatic rings. The first-order valence-corrected chi connectivity index (χ1v) is 7.68. The molecule has 2 unspecified atom stereocenters. The van der Waals surface area contributed by atoms with Crippen LogP contribution in [-0.2, 0) is 4.74 Å². The zero-order valence-corrected chi connectivity index (χ0v) is 12.4. The summed E-state index contributed by atoms with van der Waals surface area (Å²) >= 11 is 1.77. The smallest absolute Gasteiger partial charge is 0.0594 e. The molecular formula is C14H24N2OS. The summed E-state index contributed by atoms with van der Waals surface area (Å²) in [6.07, 6.45) is 1.13. The molecule has 0 saturated carbocycles. The van der Waals surface area contributed by atoms with E-state index in [4.69, 9.17) is 4.74 Å². The van der Waals surface area contributed by atoms with E-state index in [1.54, 1.807) is 11.3 Å². The number of hydrogen-bond donors (Lipinski definition) is 1. The van der Waals surface area contributed by atoms with Crippen LogP contribution in [0.1, 0.15) is 31.9 Å². The molecule has 0 amide bonds. The molecule has 3 nitrogen and oxygen atoms in total. The number of nitrogens with zero attached hydrogens (tertiary/aromatic N) is 1. The third kappa shape index (κ3) is 2.62. The summed E-state index contributed by atoms with van der Waals surface area (Å²) in [7, 11) is 2.07. The molecule has 1 N–H and O–H groups in total. The molecule has 2 atom stereocenters. The Labute approximate surface area is 114 Å². The molecule has 1 saturated heterocycles. The average Bonchev–Trinajstić information content (AvgIpc) is 2.94. The standard InChI is InChI=1S/C14H24N2OS/c1-4-14(2,16-6-8-17-9-7-16)13(15-3)12-5-10-18-11-12/h5,10-11,13,15H,4,6-9H2,1-3H3. The molecule has 0 aliphatic carbocycles. The van der Waals surface area contributed by atoms with E-state index in [1.807, 2.05) is 0 Å². The van der Waals surface area contributed by atoms with Gasteiger partial charge in [-0.2, -0.15) is 11.3 Å². The van der Waals surface area contributed by atoms with E-state index >= 15 is 0 Å². The molecule has 2 heterocycles. The van der Waals surface area contributed by atoms with Crippen molar-refractivity contribution in [1.82, 2.24) is 10.2 Å². The number of rotatable bonds is 5. The Morgan fingerprint density at radius 3 is 2.72 bits per heavy atom. The van der Waals surface area contributed by atoms with Gasteiger partial charge in [-0.05, 0) is 42.8 Å². The predicted molar refractivity (Wildman–Crippen MR) is 77.2 cm³/mol. The summed E-state index contributed by atoms with van der Waals surface area (Å²) in [5.41, 5.74) is 1.55. The lowest BCUT2D eigenvalue weighted by atomic mass is 9.83. The van der Waals surface area contributed by atoms with Gasteiger partial charge in [0, 0.05) is 18.6 Å². The molecule has 1 aromatic heterocycles. The maximum absolute atomic E-state index is 5.48. The van der Waals surface area contributed by atoms with Crippen LogP contribution in [0.25, 0.3) is 0 Å². The predicted octanol–water partition coefficient (Wildman–Crippen LogP) is 2.51. The molecule has 1 aromatic rings. The molecule has 2 rings (SSSR count). The van der Waals surface area contributed by atoms with E-state index < -0.39 is 0 Å². The molecule has 0 aromatic carbocycles. The van der Waals surface area contributed by atoms with Gasteiger partial charge in [0.2, 0.25) is 0 Å². The summed E-state index contributed by atoms with van der Waals surface area (Å²) in [5.74, 6) is 0. The van der Waals surface area contributed by atoms with E-state index in [2.05, 4.69) is 47.9 Å². The molecule has 0 bridgehead atoms. The van der Waals surface area contributed by atoms with Crippen molar-refractivity contribution in [2.24, 2.45) is 0 Å². The SMILES string of the molecule is CCC(C)(C(NC)c1ccsc1)N1CCOCC1. The summed E-state index contributed by atoms with van der Waals surface area (Å²) in [4.78, 5) is 2.58. The highest BCUT2D eigenvalue weighted by Crippen LogP contribution is 2.35. The largest absolute Gasteiger partial charge is 0.379 e. The fourth-order valence-electron chi connectivity index (χ4n) is 2.96. The number of likely N-dealkylation sites (N-methyl/N-ethyl adjacent to an activating group) is 1.